The van der Waals surface area contributed by atoms with Gasteiger partial charge in [0.05, 0.1) is 12.6 Å². The van der Waals surface area contributed by atoms with Gasteiger partial charge in [-0.25, -0.2) is 4.79 Å². The molecular weight excluding hydrogens is 188 g/mol. The molecule has 0 aromatic carbocycles. The number of amides is 2. The van der Waals surface area contributed by atoms with E-state index in [0.29, 0.717) is 13.2 Å². The van der Waals surface area contributed by atoms with Crippen LogP contribution in [0.4, 0.5) is 4.79 Å². The number of carbonyl (C=O) groups is 2. The SMILES string of the molecule is CCOCC(C)NC(=O)NCC(=O)O. The van der Waals surface area contributed by atoms with Crippen LogP contribution in [0.15, 0.2) is 0 Å². The second-order valence-electron chi connectivity index (χ2n) is 2.78. The van der Waals surface area contributed by atoms with Crippen molar-refractivity contribution in [1.82, 2.24) is 10.6 Å². The van der Waals surface area contributed by atoms with Crippen molar-refractivity contribution < 1.29 is 19.4 Å². The molecule has 0 heterocycles. The first-order chi connectivity index (χ1) is 6.56. The Morgan fingerprint density at radius 1 is 1.50 bits per heavy atom. The fraction of sp³-hybridized carbons (Fsp3) is 0.750. The lowest BCUT2D eigenvalue weighted by atomic mass is 10.4. The normalized spacial score (nSPS) is 11.9. The largest absolute Gasteiger partial charge is 0.480 e. The van der Waals surface area contributed by atoms with Crippen LogP contribution in [0.2, 0.25) is 0 Å². The quantitative estimate of drug-likeness (QED) is 0.559. The van der Waals surface area contributed by atoms with Crippen LogP contribution in [0.1, 0.15) is 13.8 Å². The number of hydrogen-bond acceptors (Lipinski definition) is 3. The summed E-state index contributed by atoms with van der Waals surface area (Å²) in [5, 5.41) is 13.0. The Balaban J connectivity index is 3.55. The summed E-state index contributed by atoms with van der Waals surface area (Å²) in [6, 6.07) is -0.636. The number of carboxylic acid groups (broad SMARTS) is 1. The molecule has 1 atom stereocenters. The average molecular weight is 204 g/mol. The number of urea groups is 1. The maximum atomic E-state index is 11.0. The molecule has 0 rings (SSSR count). The monoisotopic (exact) mass is 204 g/mol. The molecule has 0 aromatic rings. The predicted octanol–water partition coefficient (Wildman–Crippen LogP) is -0.205. The summed E-state index contributed by atoms with van der Waals surface area (Å²) >= 11 is 0. The van der Waals surface area contributed by atoms with Crippen LogP contribution >= 0.6 is 0 Å². The second kappa shape index (κ2) is 7.14. The van der Waals surface area contributed by atoms with Crippen LogP contribution in [-0.4, -0.2) is 42.9 Å². The molecule has 0 radical (unpaired) electrons. The predicted molar refractivity (Wildman–Crippen MR) is 50.1 cm³/mol. The fourth-order valence-electron chi connectivity index (χ4n) is 0.767. The molecule has 0 saturated heterocycles. The van der Waals surface area contributed by atoms with Gasteiger partial charge in [0.15, 0.2) is 0 Å². The van der Waals surface area contributed by atoms with E-state index >= 15 is 0 Å². The minimum atomic E-state index is -1.07. The van der Waals surface area contributed by atoms with E-state index in [0.717, 1.165) is 0 Å². The molecule has 82 valence electrons. The van der Waals surface area contributed by atoms with Gasteiger partial charge in [-0.1, -0.05) is 0 Å². The van der Waals surface area contributed by atoms with Crippen molar-refractivity contribution in [2.45, 2.75) is 19.9 Å². The molecule has 0 aliphatic carbocycles. The second-order valence-corrected chi connectivity index (χ2v) is 2.78. The molecule has 6 nitrogen and oxygen atoms in total. The van der Waals surface area contributed by atoms with Gasteiger partial charge in [0, 0.05) is 6.61 Å². The smallest absolute Gasteiger partial charge is 0.323 e. The number of carbonyl (C=O) groups excluding carboxylic acids is 1. The van der Waals surface area contributed by atoms with E-state index < -0.39 is 12.0 Å². The zero-order valence-corrected chi connectivity index (χ0v) is 8.37. The summed E-state index contributed by atoms with van der Waals surface area (Å²) in [4.78, 5) is 21.1. The molecule has 1 unspecified atom stereocenters. The molecule has 3 N–H and O–H groups in total. The average Bonchev–Trinajstić information content (AvgIpc) is 2.11. The van der Waals surface area contributed by atoms with Gasteiger partial charge in [-0.2, -0.15) is 0 Å². The molecule has 0 bridgehead atoms. The summed E-state index contributed by atoms with van der Waals surface area (Å²) in [7, 11) is 0. The number of rotatable bonds is 6. The van der Waals surface area contributed by atoms with E-state index in [1.54, 1.807) is 6.92 Å². The topological polar surface area (TPSA) is 87.7 Å². The third-order valence-corrected chi connectivity index (χ3v) is 1.35. The maximum absolute atomic E-state index is 11.0. The van der Waals surface area contributed by atoms with Crippen molar-refractivity contribution in [3.05, 3.63) is 0 Å². The van der Waals surface area contributed by atoms with Crippen LogP contribution in [-0.2, 0) is 9.53 Å². The third kappa shape index (κ3) is 7.35. The van der Waals surface area contributed by atoms with E-state index in [1.165, 1.54) is 0 Å². The molecule has 0 aromatic heterocycles. The Morgan fingerprint density at radius 2 is 2.14 bits per heavy atom. The minimum Gasteiger partial charge on any atom is -0.480 e. The standard InChI is InChI=1S/C8H16N2O4/c1-3-14-5-6(2)10-8(13)9-4-7(11)12/h6H,3-5H2,1-2H3,(H,11,12)(H2,9,10,13). The minimum absolute atomic E-state index is 0.135. The van der Waals surface area contributed by atoms with Crippen LogP contribution < -0.4 is 10.6 Å². The molecule has 2 amide bonds. The van der Waals surface area contributed by atoms with Crippen molar-refractivity contribution in [2.75, 3.05) is 19.8 Å². The van der Waals surface area contributed by atoms with Gasteiger partial charge in [0.1, 0.15) is 6.54 Å². The van der Waals surface area contributed by atoms with Crippen LogP contribution in [0.5, 0.6) is 0 Å². The van der Waals surface area contributed by atoms with Crippen molar-refractivity contribution in [3.63, 3.8) is 0 Å². The summed E-state index contributed by atoms with van der Waals surface area (Å²) in [6.45, 7) is 4.25. The molecule has 0 spiro atoms. The highest BCUT2D eigenvalue weighted by atomic mass is 16.5. The first-order valence-corrected chi connectivity index (χ1v) is 4.40. The lowest BCUT2D eigenvalue weighted by molar-refractivity contribution is -0.135. The number of hydrogen-bond donors (Lipinski definition) is 3. The first-order valence-electron chi connectivity index (χ1n) is 4.40. The highest BCUT2D eigenvalue weighted by Gasteiger charge is 2.07. The Morgan fingerprint density at radius 3 is 2.64 bits per heavy atom. The molecule has 0 aliphatic heterocycles. The Kier molecular flexibility index (Phi) is 6.47. The van der Waals surface area contributed by atoms with E-state index in [2.05, 4.69) is 10.6 Å². The maximum Gasteiger partial charge on any atom is 0.323 e. The van der Waals surface area contributed by atoms with Gasteiger partial charge >= 0.3 is 12.0 Å². The molecular formula is C8H16N2O4. The Hall–Kier alpha value is -1.30. The van der Waals surface area contributed by atoms with Crippen molar-refractivity contribution in [3.8, 4) is 0 Å². The van der Waals surface area contributed by atoms with Gasteiger partial charge in [-0.05, 0) is 13.8 Å². The molecule has 0 saturated carbocycles. The van der Waals surface area contributed by atoms with Crippen LogP contribution in [0.25, 0.3) is 0 Å². The number of ether oxygens (including phenoxy) is 1. The summed E-state index contributed by atoms with van der Waals surface area (Å²) in [6.07, 6.45) is 0. The number of aliphatic carboxylic acids is 1. The molecule has 0 fully saturated rings. The lowest BCUT2D eigenvalue weighted by Gasteiger charge is -2.13. The first kappa shape index (κ1) is 12.7. The van der Waals surface area contributed by atoms with Crippen molar-refractivity contribution in [1.29, 1.82) is 0 Å². The highest BCUT2D eigenvalue weighted by Crippen LogP contribution is 1.83. The van der Waals surface area contributed by atoms with E-state index in [-0.39, 0.29) is 12.6 Å². The van der Waals surface area contributed by atoms with Crippen LogP contribution in [0, 0.1) is 0 Å². The zero-order chi connectivity index (χ0) is 11.0. The molecule has 0 aliphatic rings. The van der Waals surface area contributed by atoms with Gasteiger partial charge in [-0.15, -0.1) is 0 Å². The lowest BCUT2D eigenvalue weighted by Crippen LogP contribution is -2.44. The summed E-state index contributed by atoms with van der Waals surface area (Å²) in [5.41, 5.74) is 0. The zero-order valence-electron chi connectivity index (χ0n) is 8.37. The van der Waals surface area contributed by atoms with Gasteiger partial charge in [-0.3, -0.25) is 4.79 Å². The molecule has 14 heavy (non-hydrogen) atoms. The highest BCUT2D eigenvalue weighted by molar-refractivity contribution is 5.79. The Labute approximate surface area is 82.6 Å². The van der Waals surface area contributed by atoms with Crippen molar-refractivity contribution in [2.24, 2.45) is 0 Å². The van der Waals surface area contributed by atoms with E-state index in [9.17, 15) is 9.59 Å². The van der Waals surface area contributed by atoms with Gasteiger partial charge in [0.2, 0.25) is 0 Å². The third-order valence-electron chi connectivity index (χ3n) is 1.35. The van der Waals surface area contributed by atoms with E-state index in [1.807, 2.05) is 6.92 Å². The van der Waals surface area contributed by atoms with Crippen LogP contribution in [0.3, 0.4) is 0 Å². The van der Waals surface area contributed by atoms with Gasteiger partial charge < -0.3 is 20.5 Å². The molecule has 6 heteroatoms. The van der Waals surface area contributed by atoms with Gasteiger partial charge in [0.25, 0.3) is 0 Å². The van der Waals surface area contributed by atoms with E-state index in [4.69, 9.17) is 9.84 Å². The number of carboxylic acids is 1. The van der Waals surface area contributed by atoms with Crippen molar-refractivity contribution >= 4 is 12.0 Å². The summed E-state index contributed by atoms with van der Waals surface area (Å²) < 4.78 is 5.06. The summed E-state index contributed by atoms with van der Waals surface area (Å²) in [5.74, 6) is -1.07. The fourth-order valence-corrected chi connectivity index (χ4v) is 0.767. The number of nitrogens with one attached hydrogen (secondary N) is 2. The Bertz CT molecular complexity index is 196.